The molecule has 0 amide bonds. The SMILES string of the molecule is CCS(=O)(=O)Nc1c(Cl)cc(N)cc1Cl. The molecule has 0 fully saturated rings. The van der Waals surface area contributed by atoms with E-state index in [0.717, 1.165) is 0 Å². The van der Waals surface area contributed by atoms with Gasteiger partial charge in [0, 0.05) is 5.69 Å². The number of benzene rings is 1. The lowest BCUT2D eigenvalue weighted by molar-refractivity contribution is 0.602. The summed E-state index contributed by atoms with van der Waals surface area (Å²) < 4.78 is 24.9. The molecule has 1 rings (SSSR count). The lowest BCUT2D eigenvalue weighted by atomic mass is 10.3. The van der Waals surface area contributed by atoms with Crippen LogP contribution in [-0.2, 0) is 10.0 Å². The molecule has 0 bridgehead atoms. The van der Waals surface area contributed by atoms with Crippen molar-refractivity contribution in [2.75, 3.05) is 16.2 Å². The second kappa shape index (κ2) is 4.47. The summed E-state index contributed by atoms with van der Waals surface area (Å²) in [6.45, 7) is 1.52. The maximum atomic E-state index is 11.3. The van der Waals surface area contributed by atoms with Gasteiger partial charge in [-0.3, -0.25) is 4.72 Å². The Morgan fingerprint density at radius 3 is 2.20 bits per heavy atom. The number of hydrogen-bond acceptors (Lipinski definition) is 3. The quantitative estimate of drug-likeness (QED) is 0.827. The Morgan fingerprint density at radius 1 is 1.33 bits per heavy atom. The zero-order valence-electron chi connectivity index (χ0n) is 7.92. The highest BCUT2D eigenvalue weighted by molar-refractivity contribution is 7.92. The van der Waals surface area contributed by atoms with Gasteiger partial charge in [-0.05, 0) is 19.1 Å². The molecular formula is C8H10Cl2N2O2S. The maximum absolute atomic E-state index is 11.3. The van der Waals surface area contributed by atoms with Crippen LogP contribution in [0.25, 0.3) is 0 Å². The summed E-state index contributed by atoms with van der Waals surface area (Å²) in [5.41, 5.74) is 6.02. The van der Waals surface area contributed by atoms with Gasteiger partial charge in [-0.2, -0.15) is 0 Å². The van der Waals surface area contributed by atoms with E-state index < -0.39 is 10.0 Å². The van der Waals surface area contributed by atoms with Gasteiger partial charge < -0.3 is 5.73 Å². The van der Waals surface area contributed by atoms with E-state index in [1.54, 1.807) is 0 Å². The highest BCUT2D eigenvalue weighted by Gasteiger charge is 2.13. The van der Waals surface area contributed by atoms with Crippen molar-refractivity contribution in [2.24, 2.45) is 0 Å². The third kappa shape index (κ3) is 3.15. The molecule has 0 aliphatic carbocycles. The normalized spacial score (nSPS) is 11.4. The predicted octanol–water partition coefficient (Wildman–Crippen LogP) is 2.34. The van der Waals surface area contributed by atoms with Gasteiger partial charge in [-0.15, -0.1) is 0 Å². The van der Waals surface area contributed by atoms with E-state index in [0.29, 0.717) is 5.69 Å². The van der Waals surface area contributed by atoms with Crippen molar-refractivity contribution in [2.45, 2.75) is 6.92 Å². The molecule has 4 nitrogen and oxygen atoms in total. The summed E-state index contributed by atoms with van der Waals surface area (Å²) >= 11 is 11.6. The van der Waals surface area contributed by atoms with Crippen LogP contribution in [0.5, 0.6) is 0 Å². The third-order valence-electron chi connectivity index (χ3n) is 1.70. The number of nitrogen functional groups attached to an aromatic ring is 1. The number of sulfonamides is 1. The molecule has 0 aromatic heterocycles. The van der Waals surface area contributed by atoms with Crippen molar-refractivity contribution in [3.63, 3.8) is 0 Å². The first-order chi connectivity index (χ1) is 6.85. The van der Waals surface area contributed by atoms with Crippen LogP contribution in [0.1, 0.15) is 6.92 Å². The summed E-state index contributed by atoms with van der Waals surface area (Å²) in [7, 11) is -3.39. The van der Waals surface area contributed by atoms with E-state index in [-0.39, 0.29) is 21.5 Å². The lowest BCUT2D eigenvalue weighted by Crippen LogP contribution is -2.15. The molecule has 0 unspecified atom stereocenters. The molecule has 84 valence electrons. The molecule has 0 radical (unpaired) electrons. The smallest absolute Gasteiger partial charge is 0.232 e. The number of anilines is 2. The zero-order valence-corrected chi connectivity index (χ0v) is 10.2. The fraction of sp³-hybridized carbons (Fsp3) is 0.250. The Hall–Kier alpha value is -0.650. The Balaban J connectivity index is 3.17. The van der Waals surface area contributed by atoms with Crippen LogP contribution in [0, 0.1) is 0 Å². The number of hydrogen-bond donors (Lipinski definition) is 2. The van der Waals surface area contributed by atoms with Gasteiger partial charge in [0.2, 0.25) is 10.0 Å². The average Bonchev–Trinajstić information content (AvgIpc) is 2.11. The largest absolute Gasteiger partial charge is 0.399 e. The zero-order chi connectivity index (χ0) is 11.6. The first-order valence-corrected chi connectivity index (χ1v) is 6.51. The van der Waals surface area contributed by atoms with Crippen LogP contribution in [0.3, 0.4) is 0 Å². The van der Waals surface area contributed by atoms with Crippen LogP contribution in [0.15, 0.2) is 12.1 Å². The van der Waals surface area contributed by atoms with Gasteiger partial charge in [0.1, 0.15) is 0 Å². The Bertz CT molecular complexity index is 451. The number of halogens is 2. The summed E-state index contributed by atoms with van der Waals surface area (Å²) in [4.78, 5) is 0. The van der Waals surface area contributed by atoms with Gasteiger partial charge in [0.15, 0.2) is 0 Å². The molecule has 0 atom stereocenters. The minimum atomic E-state index is -3.39. The fourth-order valence-electron chi connectivity index (χ4n) is 0.918. The molecule has 1 aromatic carbocycles. The van der Waals surface area contributed by atoms with Crippen molar-refractivity contribution < 1.29 is 8.42 Å². The van der Waals surface area contributed by atoms with Gasteiger partial charge in [0.05, 0.1) is 21.5 Å². The van der Waals surface area contributed by atoms with Crippen LogP contribution < -0.4 is 10.5 Å². The van der Waals surface area contributed by atoms with Gasteiger partial charge >= 0.3 is 0 Å². The lowest BCUT2D eigenvalue weighted by Gasteiger charge is -2.10. The topological polar surface area (TPSA) is 72.2 Å². The van der Waals surface area contributed by atoms with Crippen LogP contribution in [-0.4, -0.2) is 14.2 Å². The third-order valence-corrected chi connectivity index (χ3v) is 3.57. The van der Waals surface area contributed by atoms with Gasteiger partial charge in [-0.1, -0.05) is 23.2 Å². The second-order valence-corrected chi connectivity index (χ2v) is 5.69. The summed E-state index contributed by atoms with van der Waals surface area (Å²) in [5, 5.41) is 0.356. The van der Waals surface area contributed by atoms with Crippen LogP contribution in [0.4, 0.5) is 11.4 Å². The van der Waals surface area contributed by atoms with Crippen molar-refractivity contribution in [1.29, 1.82) is 0 Å². The van der Waals surface area contributed by atoms with E-state index in [1.807, 2.05) is 0 Å². The number of nitrogens with one attached hydrogen (secondary N) is 1. The molecular weight excluding hydrogens is 259 g/mol. The van der Waals surface area contributed by atoms with Gasteiger partial charge in [-0.25, -0.2) is 8.42 Å². The van der Waals surface area contributed by atoms with Crippen LogP contribution >= 0.6 is 23.2 Å². The van der Waals surface area contributed by atoms with Crippen molar-refractivity contribution in [3.05, 3.63) is 22.2 Å². The molecule has 0 aliphatic heterocycles. The van der Waals surface area contributed by atoms with Gasteiger partial charge in [0.25, 0.3) is 0 Å². The molecule has 0 saturated heterocycles. The minimum Gasteiger partial charge on any atom is -0.399 e. The maximum Gasteiger partial charge on any atom is 0.232 e. The monoisotopic (exact) mass is 268 g/mol. The van der Waals surface area contributed by atoms with E-state index in [9.17, 15) is 8.42 Å². The van der Waals surface area contributed by atoms with Crippen molar-refractivity contribution >= 4 is 44.6 Å². The molecule has 1 aromatic rings. The van der Waals surface area contributed by atoms with E-state index in [2.05, 4.69) is 4.72 Å². The van der Waals surface area contributed by atoms with Crippen molar-refractivity contribution in [3.8, 4) is 0 Å². The molecule has 7 heteroatoms. The second-order valence-electron chi connectivity index (χ2n) is 2.87. The minimum absolute atomic E-state index is 0.0516. The summed E-state index contributed by atoms with van der Waals surface area (Å²) in [6, 6.07) is 2.86. The first-order valence-electron chi connectivity index (χ1n) is 4.10. The highest BCUT2D eigenvalue weighted by atomic mass is 35.5. The van der Waals surface area contributed by atoms with Crippen molar-refractivity contribution in [1.82, 2.24) is 0 Å². The first kappa shape index (κ1) is 12.4. The standard InChI is InChI=1S/C8H10Cl2N2O2S/c1-2-15(13,14)12-8-6(9)3-5(11)4-7(8)10/h3-4,12H,2,11H2,1H3. The van der Waals surface area contributed by atoms with Crippen LogP contribution in [0.2, 0.25) is 10.0 Å². The Labute approximate surface area is 98.4 Å². The summed E-state index contributed by atoms with van der Waals surface area (Å²) in [6.07, 6.45) is 0. The molecule has 0 saturated carbocycles. The predicted molar refractivity (Wildman–Crippen MR) is 64.0 cm³/mol. The molecule has 0 aliphatic rings. The number of nitrogens with two attached hydrogens (primary N) is 1. The molecule has 15 heavy (non-hydrogen) atoms. The van der Waals surface area contributed by atoms with E-state index >= 15 is 0 Å². The summed E-state index contributed by atoms with van der Waals surface area (Å²) in [5.74, 6) is -0.0516. The number of rotatable bonds is 3. The average molecular weight is 269 g/mol. The Kier molecular flexibility index (Phi) is 3.70. The molecule has 0 spiro atoms. The molecule has 0 heterocycles. The highest BCUT2D eigenvalue weighted by Crippen LogP contribution is 2.33. The fourth-order valence-corrected chi connectivity index (χ4v) is 2.30. The van der Waals surface area contributed by atoms with E-state index in [1.165, 1.54) is 19.1 Å². The van der Waals surface area contributed by atoms with E-state index in [4.69, 9.17) is 28.9 Å². The Morgan fingerprint density at radius 2 is 1.80 bits per heavy atom. The molecule has 3 N–H and O–H groups in total.